The average molecular weight is 477 g/mol. The van der Waals surface area contributed by atoms with E-state index >= 15 is 0 Å². The summed E-state index contributed by atoms with van der Waals surface area (Å²) >= 11 is 0. The molecular formula is C27H28N2O6. The number of nitrogens with one attached hydrogen (secondary N) is 2. The molecule has 8 heteroatoms. The van der Waals surface area contributed by atoms with Crippen LogP contribution in [-0.4, -0.2) is 40.3 Å². The zero-order chi connectivity index (χ0) is 25.4. The Bertz CT molecular complexity index is 1190. The number of methoxy groups -OCH3 is 4. The van der Waals surface area contributed by atoms with Crippen molar-refractivity contribution >= 4 is 23.6 Å². The van der Waals surface area contributed by atoms with Gasteiger partial charge in [-0.15, -0.1) is 0 Å². The summed E-state index contributed by atoms with van der Waals surface area (Å²) in [7, 11) is 5.97. The van der Waals surface area contributed by atoms with Crippen molar-refractivity contribution in [1.29, 1.82) is 0 Å². The number of carbonyl (C=O) groups excluding carboxylic acids is 2. The van der Waals surface area contributed by atoms with Crippen molar-refractivity contribution in [3.63, 3.8) is 0 Å². The SMILES string of the molecule is COc1ccc(/C=C(/NC(=O)c2cc(OC)c(OC)c(OC)c2)C(=O)Nc2ccc(C)cc2)cc1. The van der Waals surface area contributed by atoms with Gasteiger partial charge in [0.25, 0.3) is 11.8 Å². The summed E-state index contributed by atoms with van der Waals surface area (Å²) < 4.78 is 21.2. The van der Waals surface area contributed by atoms with Gasteiger partial charge in [0, 0.05) is 11.3 Å². The summed E-state index contributed by atoms with van der Waals surface area (Å²) in [5.74, 6) is 0.670. The smallest absolute Gasteiger partial charge is 0.272 e. The van der Waals surface area contributed by atoms with E-state index in [0.29, 0.717) is 34.2 Å². The van der Waals surface area contributed by atoms with Crippen LogP contribution in [0.3, 0.4) is 0 Å². The first kappa shape index (κ1) is 25.2. The Morgan fingerprint density at radius 1 is 0.771 bits per heavy atom. The van der Waals surface area contributed by atoms with Gasteiger partial charge in [-0.1, -0.05) is 29.8 Å². The van der Waals surface area contributed by atoms with Crippen LogP contribution in [0.1, 0.15) is 21.5 Å². The highest BCUT2D eigenvalue weighted by Crippen LogP contribution is 2.38. The highest BCUT2D eigenvalue weighted by molar-refractivity contribution is 6.10. The van der Waals surface area contributed by atoms with Gasteiger partial charge in [0.1, 0.15) is 11.4 Å². The van der Waals surface area contributed by atoms with E-state index < -0.39 is 11.8 Å². The summed E-state index contributed by atoms with van der Waals surface area (Å²) in [5.41, 5.74) is 2.64. The Labute approximate surface area is 204 Å². The van der Waals surface area contributed by atoms with Gasteiger partial charge in [-0.25, -0.2) is 0 Å². The maximum atomic E-state index is 13.2. The van der Waals surface area contributed by atoms with Crippen molar-refractivity contribution < 1.29 is 28.5 Å². The van der Waals surface area contributed by atoms with Crippen molar-refractivity contribution in [3.05, 3.63) is 83.1 Å². The van der Waals surface area contributed by atoms with Crippen LogP contribution in [0.25, 0.3) is 6.08 Å². The summed E-state index contributed by atoms with van der Waals surface area (Å²) in [6, 6.07) is 17.5. The Kier molecular flexibility index (Phi) is 8.34. The summed E-state index contributed by atoms with van der Waals surface area (Å²) in [5, 5.41) is 5.53. The number of carbonyl (C=O) groups is 2. The fourth-order valence-corrected chi connectivity index (χ4v) is 3.27. The fourth-order valence-electron chi connectivity index (χ4n) is 3.27. The van der Waals surface area contributed by atoms with Crippen molar-refractivity contribution in [2.45, 2.75) is 6.92 Å². The molecule has 0 saturated carbocycles. The second kappa shape index (κ2) is 11.6. The minimum Gasteiger partial charge on any atom is -0.497 e. The minimum absolute atomic E-state index is 0.0505. The molecule has 0 heterocycles. The molecule has 182 valence electrons. The molecule has 0 radical (unpaired) electrons. The van der Waals surface area contributed by atoms with E-state index in [2.05, 4.69) is 10.6 Å². The Balaban J connectivity index is 1.95. The number of rotatable bonds is 9. The molecular weight excluding hydrogens is 448 g/mol. The Morgan fingerprint density at radius 3 is 1.89 bits per heavy atom. The van der Waals surface area contributed by atoms with Crippen molar-refractivity contribution in [3.8, 4) is 23.0 Å². The van der Waals surface area contributed by atoms with Crippen LogP contribution in [0.5, 0.6) is 23.0 Å². The Morgan fingerprint density at radius 2 is 1.37 bits per heavy atom. The predicted octanol–water partition coefficient (Wildman–Crippen LogP) is 4.44. The van der Waals surface area contributed by atoms with Gasteiger partial charge in [-0.05, 0) is 55.0 Å². The molecule has 0 unspecified atom stereocenters. The second-order valence-corrected chi connectivity index (χ2v) is 7.52. The third-order valence-corrected chi connectivity index (χ3v) is 5.16. The first-order valence-corrected chi connectivity index (χ1v) is 10.7. The van der Waals surface area contributed by atoms with Crippen LogP contribution >= 0.6 is 0 Å². The van der Waals surface area contributed by atoms with Gasteiger partial charge in [0.2, 0.25) is 5.75 Å². The first-order chi connectivity index (χ1) is 16.9. The molecule has 0 spiro atoms. The molecule has 2 amide bonds. The standard InChI is InChI=1S/C27H28N2O6/c1-17-6-10-20(11-7-17)28-27(31)22(14-18-8-12-21(32-2)13-9-18)29-26(30)19-15-23(33-3)25(35-5)24(16-19)34-4/h6-16H,1-5H3,(H,28,31)(H,29,30)/b22-14+. The highest BCUT2D eigenvalue weighted by Gasteiger charge is 2.20. The number of amides is 2. The van der Waals surface area contributed by atoms with Crippen LogP contribution in [0.2, 0.25) is 0 Å². The molecule has 0 aliphatic rings. The molecule has 3 rings (SSSR count). The first-order valence-electron chi connectivity index (χ1n) is 10.7. The van der Waals surface area contributed by atoms with Crippen LogP contribution in [-0.2, 0) is 4.79 Å². The topological polar surface area (TPSA) is 95.1 Å². The molecule has 0 aliphatic heterocycles. The maximum absolute atomic E-state index is 13.2. The monoisotopic (exact) mass is 476 g/mol. The lowest BCUT2D eigenvalue weighted by molar-refractivity contribution is -0.113. The molecule has 3 aromatic carbocycles. The number of anilines is 1. The zero-order valence-corrected chi connectivity index (χ0v) is 20.3. The summed E-state index contributed by atoms with van der Waals surface area (Å²) in [6.45, 7) is 1.96. The quantitative estimate of drug-likeness (QED) is 0.444. The Hall–Kier alpha value is -4.46. The van der Waals surface area contributed by atoms with E-state index in [-0.39, 0.29) is 11.3 Å². The van der Waals surface area contributed by atoms with E-state index in [4.69, 9.17) is 18.9 Å². The molecule has 0 bridgehead atoms. The van der Waals surface area contributed by atoms with E-state index in [1.54, 1.807) is 49.6 Å². The van der Waals surface area contributed by atoms with Crippen LogP contribution in [0.4, 0.5) is 5.69 Å². The molecule has 8 nitrogen and oxygen atoms in total. The normalized spacial score (nSPS) is 10.8. The van der Waals surface area contributed by atoms with Crippen molar-refractivity contribution in [1.82, 2.24) is 5.32 Å². The second-order valence-electron chi connectivity index (χ2n) is 7.52. The molecule has 3 aromatic rings. The molecule has 0 aliphatic carbocycles. The third kappa shape index (κ3) is 6.32. The molecule has 35 heavy (non-hydrogen) atoms. The highest BCUT2D eigenvalue weighted by atomic mass is 16.5. The largest absolute Gasteiger partial charge is 0.497 e. The van der Waals surface area contributed by atoms with Crippen molar-refractivity contribution in [2.24, 2.45) is 0 Å². The van der Waals surface area contributed by atoms with Gasteiger partial charge < -0.3 is 29.6 Å². The van der Waals surface area contributed by atoms with Crippen LogP contribution in [0.15, 0.2) is 66.4 Å². The van der Waals surface area contributed by atoms with Gasteiger partial charge >= 0.3 is 0 Å². The van der Waals surface area contributed by atoms with Gasteiger partial charge in [-0.3, -0.25) is 9.59 Å². The third-order valence-electron chi connectivity index (χ3n) is 5.16. The van der Waals surface area contributed by atoms with E-state index in [1.807, 2.05) is 19.1 Å². The molecule has 0 saturated heterocycles. The summed E-state index contributed by atoms with van der Waals surface area (Å²) in [4.78, 5) is 26.3. The fraction of sp³-hybridized carbons (Fsp3) is 0.185. The number of hydrogen-bond acceptors (Lipinski definition) is 6. The molecule has 2 N–H and O–H groups in total. The molecule has 0 atom stereocenters. The van der Waals surface area contributed by atoms with E-state index in [9.17, 15) is 9.59 Å². The van der Waals surface area contributed by atoms with Gasteiger partial charge in [-0.2, -0.15) is 0 Å². The lowest BCUT2D eigenvalue weighted by Crippen LogP contribution is -2.30. The average Bonchev–Trinajstić information content (AvgIpc) is 2.88. The van der Waals surface area contributed by atoms with Gasteiger partial charge in [0.05, 0.1) is 28.4 Å². The van der Waals surface area contributed by atoms with E-state index in [1.165, 1.54) is 33.5 Å². The van der Waals surface area contributed by atoms with E-state index in [0.717, 1.165) is 5.56 Å². The number of benzene rings is 3. The predicted molar refractivity (Wildman–Crippen MR) is 134 cm³/mol. The lowest BCUT2D eigenvalue weighted by atomic mass is 10.1. The van der Waals surface area contributed by atoms with Crippen LogP contribution < -0.4 is 29.6 Å². The number of ether oxygens (including phenoxy) is 4. The lowest BCUT2D eigenvalue weighted by Gasteiger charge is -2.15. The molecule has 0 aromatic heterocycles. The number of aryl methyl sites for hydroxylation is 1. The molecule has 0 fully saturated rings. The van der Waals surface area contributed by atoms with Crippen molar-refractivity contribution in [2.75, 3.05) is 33.8 Å². The number of hydrogen-bond donors (Lipinski definition) is 2. The maximum Gasteiger partial charge on any atom is 0.272 e. The minimum atomic E-state index is -0.525. The zero-order valence-electron chi connectivity index (χ0n) is 20.3. The van der Waals surface area contributed by atoms with Crippen LogP contribution in [0, 0.1) is 6.92 Å². The summed E-state index contributed by atoms with van der Waals surface area (Å²) in [6.07, 6.45) is 1.58. The van der Waals surface area contributed by atoms with Gasteiger partial charge in [0.15, 0.2) is 11.5 Å².